The van der Waals surface area contributed by atoms with Gasteiger partial charge in [0, 0.05) is 9.50 Å². The Bertz CT molecular complexity index is 735. The highest BCUT2D eigenvalue weighted by molar-refractivity contribution is 9.10. The van der Waals surface area contributed by atoms with Crippen LogP contribution in [0.1, 0.15) is 15.9 Å². The number of alkyl halides is 3. The van der Waals surface area contributed by atoms with Crippen molar-refractivity contribution in [2.24, 2.45) is 0 Å². The van der Waals surface area contributed by atoms with E-state index in [0.717, 1.165) is 12.1 Å². The van der Waals surface area contributed by atoms with Crippen LogP contribution in [0.5, 0.6) is 0 Å². The number of benzene rings is 2. The molecule has 0 heterocycles. The summed E-state index contributed by atoms with van der Waals surface area (Å²) in [6, 6.07) is 7.60. The first kappa shape index (κ1) is 17.1. The van der Waals surface area contributed by atoms with Gasteiger partial charge in [-0.15, -0.1) is 0 Å². The van der Waals surface area contributed by atoms with Gasteiger partial charge < -0.3 is 5.32 Å². The highest BCUT2D eigenvalue weighted by atomic mass is 79.9. The van der Waals surface area contributed by atoms with Gasteiger partial charge in [0.25, 0.3) is 5.91 Å². The largest absolute Gasteiger partial charge is 0.418 e. The number of anilines is 1. The van der Waals surface area contributed by atoms with E-state index in [1.165, 1.54) is 18.2 Å². The number of hydrogen-bond acceptors (Lipinski definition) is 1. The molecule has 0 radical (unpaired) electrons. The molecule has 1 N–H and O–H groups in total. The maximum Gasteiger partial charge on any atom is 0.418 e. The lowest BCUT2D eigenvalue weighted by Crippen LogP contribution is -2.17. The molecule has 0 unspecified atom stereocenters. The summed E-state index contributed by atoms with van der Waals surface area (Å²) >= 11 is 14.6. The van der Waals surface area contributed by atoms with Crippen LogP contribution in [0, 0.1) is 0 Å². The topological polar surface area (TPSA) is 29.1 Å². The Morgan fingerprint density at radius 2 is 1.77 bits per heavy atom. The van der Waals surface area contributed by atoms with Crippen molar-refractivity contribution in [3.63, 3.8) is 0 Å². The van der Waals surface area contributed by atoms with Gasteiger partial charge >= 0.3 is 6.18 Å². The zero-order chi connectivity index (χ0) is 16.5. The van der Waals surface area contributed by atoms with E-state index >= 15 is 0 Å². The van der Waals surface area contributed by atoms with Crippen molar-refractivity contribution in [1.29, 1.82) is 0 Å². The third kappa shape index (κ3) is 3.94. The summed E-state index contributed by atoms with van der Waals surface area (Å²) in [6.45, 7) is 0. The van der Waals surface area contributed by atoms with Gasteiger partial charge in [-0.25, -0.2) is 0 Å². The van der Waals surface area contributed by atoms with Gasteiger partial charge in [0.1, 0.15) is 0 Å². The minimum absolute atomic E-state index is 0.0547. The van der Waals surface area contributed by atoms with Gasteiger partial charge in [-0.2, -0.15) is 13.2 Å². The summed E-state index contributed by atoms with van der Waals surface area (Å²) in [5.41, 5.74) is -1.36. The van der Waals surface area contributed by atoms with E-state index in [1.54, 1.807) is 6.07 Å². The van der Waals surface area contributed by atoms with E-state index in [4.69, 9.17) is 23.2 Å². The van der Waals surface area contributed by atoms with Crippen LogP contribution in [-0.4, -0.2) is 5.91 Å². The monoisotopic (exact) mass is 411 g/mol. The standard InChI is InChI=1S/C14H7BrCl2F3NO/c15-7-1-3-11(17)9(5-7)13(22)21-12-4-2-8(16)6-10(12)14(18,19)20/h1-6H,(H,21,22). The summed E-state index contributed by atoms with van der Waals surface area (Å²) in [4.78, 5) is 12.1. The lowest BCUT2D eigenvalue weighted by atomic mass is 10.1. The molecule has 0 atom stereocenters. The van der Waals surface area contributed by atoms with Crippen LogP contribution >= 0.6 is 39.1 Å². The molecule has 2 aromatic rings. The van der Waals surface area contributed by atoms with Crippen LogP contribution in [0.25, 0.3) is 0 Å². The van der Waals surface area contributed by atoms with Crippen LogP contribution in [0.2, 0.25) is 10.0 Å². The Labute approximate surface area is 142 Å². The molecule has 2 nitrogen and oxygen atoms in total. The molecule has 0 saturated carbocycles. The van der Waals surface area contributed by atoms with Crippen molar-refractivity contribution < 1.29 is 18.0 Å². The fourth-order valence-electron chi connectivity index (χ4n) is 1.72. The third-order valence-corrected chi connectivity index (χ3v) is 3.77. The smallest absolute Gasteiger partial charge is 0.321 e. The number of amides is 1. The summed E-state index contributed by atoms with van der Waals surface area (Å²) in [7, 11) is 0. The molecule has 0 saturated heterocycles. The third-order valence-electron chi connectivity index (χ3n) is 2.71. The summed E-state index contributed by atoms with van der Waals surface area (Å²) in [5, 5.41) is 2.26. The zero-order valence-electron chi connectivity index (χ0n) is 10.6. The van der Waals surface area contributed by atoms with Gasteiger partial charge in [-0.05, 0) is 36.4 Å². The van der Waals surface area contributed by atoms with E-state index in [9.17, 15) is 18.0 Å². The fraction of sp³-hybridized carbons (Fsp3) is 0.0714. The van der Waals surface area contributed by atoms with E-state index < -0.39 is 23.3 Å². The van der Waals surface area contributed by atoms with Gasteiger partial charge in [-0.1, -0.05) is 39.1 Å². The molecule has 0 aromatic heterocycles. The first-order chi connectivity index (χ1) is 10.2. The van der Waals surface area contributed by atoms with Crippen LogP contribution in [0.3, 0.4) is 0 Å². The minimum Gasteiger partial charge on any atom is -0.321 e. The Morgan fingerprint density at radius 1 is 1.09 bits per heavy atom. The van der Waals surface area contributed by atoms with Crippen LogP contribution in [0.15, 0.2) is 40.9 Å². The fourth-order valence-corrected chi connectivity index (χ4v) is 2.46. The van der Waals surface area contributed by atoms with Crippen LogP contribution < -0.4 is 5.32 Å². The second-order valence-corrected chi connectivity index (χ2v) is 6.03. The molecule has 1 amide bonds. The average Bonchev–Trinajstić information content (AvgIpc) is 2.42. The molecule has 8 heteroatoms. The molecule has 0 aliphatic carbocycles. The number of carbonyl (C=O) groups is 1. The van der Waals surface area contributed by atoms with Crippen LogP contribution in [0.4, 0.5) is 18.9 Å². The van der Waals surface area contributed by atoms with Crippen molar-refractivity contribution >= 4 is 50.7 Å². The van der Waals surface area contributed by atoms with Crippen molar-refractivity contribution in [1.82, 2.24) is 0 Å². The number of rotatable bonds is 2. The molecule has 0 spiro atoms. The van der Waals surface area contributed by atoms with Gasteiger partial charge in [-0.3, -0.25) is 4.79 Å². The number of nitrogens with one attached hydrogen (secondary N) is 1. The second-order valence-electron chi connectivity index (χ2n) is 4.27. The van der Waals surface area contributed by atoms with E-state index in [0.29, 0.717) is 4.47 Å². The Kier molecular flexibility index (Phi) is 5.04. The average molecular weight is 413 g/mol. The van der Waals surface area contributed by atoms with Gasteiger partial charge in [0.2, 0.25) is 0 Å². The molecule has 0 bridgehead atoms. The van der Waals surface area contributed by atoms with Crippen molar-refractivity contribution in [3.05, 3.63) is 62.0 Å². The molecule has 0 aliphatic rings. The number of carbonyl (C=O) groups excluding carboxylic acids is 1. The highest BCUT2D eigenvalue weighted by Gasteiger charge is 2.34. The summed E-state index contributed by atoms with van der Waals surface area (Å²) < 4.78 is 39.5. The summed E-state index contributed by atoms with van der Waals surface area (Å²) in [6.07, 6.45) is -4.64. The predicted molar refractivity (Wildman–Crippen MR) is 83.6 cm³/mol. The van der Waals surface area contributed by atoms with Crippen LogP contribution in [-0.2, 0) is 6.18 Å². The van der Waals surface area contributed by atoms with E-state index in [2.05, 4.69) is 21.2 Å². The number of halogens is 6. The highest BCUT2D eigenvalue weighted by Crippen LogP contribution is 2.37. The maximum atomic E-state index is 13.0. The predicted octanol–water partition coefficient (Wildman–Crippen LogP) is 6.03. The zero-order valence-corrected chi connectivity index (χ0v) is 13.7. The van der Waals surface area contributed by atoms with E-state index in [-0.39, 0.29) is 15.6 Å². The molecular formula is C14H7BrCl2F3NO. The quantitative estimate of drug-likeness (QED) is 0.641. The Balaban J connectivity index is 2.39. The lowest BCUT2D eigenvalue weighted by Gasteiger charge is -2.14. The Morgan fingerprint density at radius 3 is 2.41 bits per heavy atom. The first-order valence-corrected chi connectivity index (χ1v) is 7.36. The summed E-state index contributed by atoms with van der Waals surface area (Å²) in [5.74, 6) is -0.751. The molecule has 2 rings (SSSR count). The molecule has 22 heavy (non-hydrogen) atoms. The van der Waals surface area contributed by atoms with Crippen molar-refractivity contribution in [3.8, 4) is 0 Å². The number of hydrogen-bond donors (Lipinski definition) is 1. The SMILES string of the molecule is O=C(Nc1ccc(Cl)cc1C(F)(F)F)c1cc(Br)ccc1Cl. The first-order valence-electron chi connectivity index (χ1n) is 5.81. The minimum atomic E-state index is -4.64. The second kappa shape index (κ2) is 6.48. The van der Waals surface area contributed by atoms with Crippen molar-refractivity contribution in [2.45, 2.75) is 6.18 Å². The van der Waals surface area contributed by atoms with Crippen molar-refractivity contribution in [2.75, 3.05) is 5.32 Å². The normalized spacial score (nSPS) is 11.4. The molecule has 2 aromatic carbocycles. The lowest BCUT2D eigenvalue weighted by molar-refractivity contribution is -0.136. The maximum absolute atomic E-state index is 13.0. The van der Waals surface area contributed by atoms with Gasteiger partial charge in [0.05, 0.1) is 21.8 Å². The molecule has 116 valence electrons. The van der Waals surface area contributed by atoms with Gasteiger partial charge in [0.15, 0.2) is 0 Å². The molecule has 0 fully saturated rings. The Hall–Kier alpha value is -1.24. The van der Waals surface area contributed by atoms with E-state index in [1.807, 2.05) is 0 Å². The molecular weight excluding hydrogens is 406 g/mol. The molecule has 0 aliphatic heterocycles.